The van der Waals surface area contributed by atoms with Gasteiger partial charge in [-0.1, -0.05) is 0 Å². The first kappa shape index (κ1) is 8.19. The van der Waals surface area contributed by atoms with Gasteiger partial charge in [-0.25, -0.2) is 9.59 Å². The van der Waals surface area contributed by atoms with E-state index in [-0.39, 0.29) is 5.75 Å². The van der Waals surface area contributed by atoms with Gasteiger partial charge in [0.2, 0.25) is 0 Å². The Bertz CT molecular complexity index is 296. The second-order valence-electron chi connectivity index (χ2n) is 1.88. The number of carboxylic acids is 1. The second kappa shape index (κ2) is 3.47. The van der Waals surface area contributed by atoms with E-state index in [9.17, 15) is 9.59 Å². The van der Waals surface area contributed by atoms with E-state index in [4.69, 9.17) is 5.11 Å². The predicted molar refractivity (Wildman–Crippen MR) is 37.5 cm³/mol. The van der Waals surface area contributed by atoms with Crippen LogP contribution in [-0.2, 0) is 9.59 Å². The van der Waals surface area contributed by atoms with Crippen LogP contribution < -0.4 is 4.74 Å². The van der Waals surface area contributed by atoms with E-state index in [0.717, 1.165) is 0 Å². The average Bonchev–Trinajstić information content (AvgIpc) is 2.06. The van der Waals surface area contributed by atoms with Crippen molar-refractivity contribution in [2.45, 2.75) is 0 Å². The van der Waals surface area contributed by atoms with E-state index in [2.05, 4.69) is 9.72 Å². The molecule has 0 saturated heterocycles. The number of carbonyl (C=O) groups excluding carboxylic acids is 1. The Morgan fingerprint density at radius 3 is 2.75 bits per heavy atom. The average molecular weight is 167 g/mol. The fraction of sp³-hybridized carbons (Fsp3) is 0. The number of hydrogen-bond donors (Lipinski definition) is 1. The summed E-state index contributed by atoms with van der Waals surface area (Å²) in [5, 5.41) is 8.15. The number of aliphatic carboxylic acids is 1. The number of ether oxygens (including phenoxy) is 1. The number of aromatic nitrogens is 1. The molecule has 0 aliphatic carbocycles. The molecular weight excluding hydrogens is 162 g/mol. The minimum Gasteiger partial charge on any atom is -0.473 e. The molecule has 12 heavy (non-hydrogen) atoms. The van der Waals surface area contributed by atoms with Gasteiger partial charge in [-0.15, -0.1) is 0 Å². The predicted octanol–water partition coefficient (Wildman–Crippen LogP) is 0.0716. The van der Waals surface area contributed by atoms with Crippen LogP contribution in [-0.4, -0.2) is 22.0 Å². The molecule has 5 nitrogen and oxygen atoms in total. The van der Waals surface area contributed by atoms with Crippen molar-refractivity contribution in [3.05, 3.63) is 24.5 Å². The van der Waals surface area contributed by atoms with Crippen LogP contribution in [0, 0.1) is 0 Å². The lowest BCUT2D eigenvalue weighted by Gasteiger charge is -1.97. The normalized spacial score (nSPS) is 9.00. The summed E-state index contributed by atoms with van der Waals surface area (Å²) in [6, 6.07) is 2.97. The molecule has 0 aliphatic heterocycles. The van der Waals surface area contributed by atoms with Gasteiger partial charge in [-0.3, -0.25) is 4.98 Å². The molecule has 1 aromatic rings. The first-order valence-corrected chi connectivity index (χ1v) is 3.05. The Kier molecular flexibility index (Phi) is 2.37. The number of nitrogens with zero attached hydrogens (tertiary/aromatic N) is 1. The van der Waals surface area contributed by atoms with Gasteiger partial charge in [0.05, 0.1) is 6.20 Å². The van der Waals surface area contributed by atoms with Crippen LogP contribution in [0.4, 0.5) is 0 Å². The SMILES string of the molecule is O=C(O)C(=O)Oc1cccnc1. The molecule has 62 valence electrons. The minimum absolute atomic E-state index is 0.116. The lowest BCUT2D eigenvalue weighted by molar-refractivity contribution is -0.158. The fourth-order valence-electron chi connectivity index (χ4n) is 0.558. The lowest BCUT2D eigenvalue weighted by Crippen LogP contribution is -2.19. The number of rotatable bonds is 1. The molecule has 0 unspecified atom stereocenters. The van der Waals surface area contributed by atoms with Crippen molar-refractivity contribution in [1.82, 2.24) is 4.98 Å². The Balaban J connectivity index is 2.65. The number of esters is 1. The van der Waals surface area contributed by atoms with Gasteiger partial charge in [-0.05, 0) is 12.1 Å². The van der Waals surface area contributed by atoms with E-state index in [0.29, 0.717) is 0 Å². The standard InChI is InChI=1S/C7H5NO4/c9-6(10)7(11)12-5-2-1-3-8-4-5/h1-4H,(H,9,10). The highest BCUT2D eigenvalue weighted by Gasteiger charge is 2.13. The van der Waals surface area contributed by atoms with Crippen molar-refractivity contribution in [3.63, 3.8) is 0 Å². The van der Waals surface area contributed by atoms with E-state index >= 15 is 0 Å². The summed E-state index contributed by atoms with van der Waals surface area (Å²) in [6.07, 6.45) is 2.74. The monoisotopic (exact) mass is 167 g/mol. The second-order valence-corrected chi connectivity index (χ2v) is 1.88. The zero-order chi connectivity index (χ0) is 8.97. The van der Waals surface area contributed by atoms with Crippen LogP contribution in [0.1, 0.15) is 0 Å². The van der Waals surface area contributed by atoms with Crippen LogP contribution in [0.15, 0.2) is 24.5 Å². The van der Waals surface area contributed by atoms with Crippen LogP contribution in [0.3, 0.4) is 0 Å². The van der Waals surface area contributed by atoms with E-state index in [1.54, 1.807) is 0 Å². The molecule has 0 saturated carbocycles. The van der Waals surface area contributed by atoms with Gasteiger partial charge < -0.3 is 9.84 Å². The molecule has 1 rings (SSSR count). The summed E-state index contributed by atoms with van der Waals surface area (Å²) in [4.78, 5) is 24.1. The van der Waals surface area contributed by atoms with E-state index < -0.39 is 11.9 Å². The molecular formula is C7H5NO4. The molecule has 1 N–H and O–H groups in total. The minimum atomic E-state index is -1.63. The molecule has 0 amide bonds. The highest BCUT2D eigenvalue weighted by atomic mass is 16.6. The number of carboxylic acid groups (broad SMARTS) is 1. The maximum absolute atomic E-state index is 10.5. The van der Waals surface area contributed by atoms with Gasteiger partial charge in [0, 0.05) is 6.20 Å². The molecule has 0 atom stereocenters. The third kappa shape index (κ3) is 2.05. The van der Waals surface area contributed by atoms with E-state index in [1.165, 1.54) is 24.5 Å². The van der Waals surface area contributed by atoms with Gasteiger partial charge in [0.15, 0.2) is 0 Å². The van der Waals surface area contributed by atoms with Gasteiger partial charge in [0.25, 0.3) is 0 Å². The van der Waals surface area contributed by atoms with Gasteiger partial charge in [0.1, 0.15) is 5.75 Å². The summed E-state index contributed by atoms with van der Waals surface area (Å²) in [5.41, 5.74) is 0. The molecule has 0 spiro atoms. The maximum atomic E-state index is 10.5. The van der Waals surface area contributed by atoms with Gasteiger partial charge >= 0.3 is 11.9 Å². The van der Waals surface area contributed by atoms with Crippen molar-refractivity contribution < 1.29 is 19.4 Å². The molecule has 0 fully saturated rings. The van der Waals surface area contributed by atoms with Crippen molar-refractivity contribution in [1.29, 1.82) is 0 Å². The fourth-order valence-corrected chi connectivity index (χ4v) is 0.558. The Labute approximate surface area is 67.6 Å². The summed E-state index contributed by atoms with van der Waals surface area (Å²) in [5.74, 6) is -2.83. The smallest absolute Gasteiger partial charge is 0.422 e. The first-order chi connectivity index (χ1) is 5.70. The number of hydrogen-bond acceptors (Lipinski definition) is 4. The van der Waals surface area contributed by atoms with Crippen molar-refractivity contribution in [3.8, 4) is 5.75 Å². The Hall–Kier alpha value is -1.91. The summed E-state index contributed by atoms with van der Waals surface area (Å²) in [6.45, 7) is 0. The lowest BCUT2D eigenvalue weighted by atomic mass is 10.5. The molecule has 0 aliphatic rings. The molecule has 0 radical (unpaired) electrons. The first-order valence-electron chi connectivity index (χ1n) is 3.05. The third-order valence-electron chi connectivity index (χ3n) is 1.02. The molecule has 5 heteroatoms. The van der Waals surface area contributed by atoms with Crippen molar-refractivity contribution in [2.75, 3.05) is 0 Å². The third-order valence-corrected chi connectivity index (χ3v) is 1.02. The summed E-state index contributed by atoms with van der Waals surface area (Å²) >= 11 is 0. The molecule has 1 heterocycles. The topological polar surface area (TPSA) is 76.5 Å². The maximum Gasteiger partial charge on any atom is 0.422 e. The van der Waals surface area contributed by atoms with Crippen molar-refractivity contribution in [2.24, 2.45) is 0 Å². The number of carbonyl (C=O) groups is 2. The Morgan fingerprint density at radius 1 is 1.50 bits per heavy atom. The van der Waals surface area contributed by atoms with E-state index in [1.807, 2.05) is 0 Å². The quantitative estimate of drug-likeness (QED) is 0.473. The zero-order valence-corrected chi connectivity index (χ0v) is 5.93. The van der Waals surface area contributed by atoms with Gasteiger partial charge in [-0.2, -0.15) is 0 Å². The Morgan fingerprint density at radius 2 is 2.25 bits per heavy atom. The molecule has 0 bridgehead atoms. The van der Waals surface area contributed by atoms with Crippen LogP contribution in [0.5, 0.6) is 5.75 Å². The summed E-state index contributed by atoms with van der Waals surface area (Å²) in [7, 11) is 0. The summed E-state index contributed by atoms with van der Waals surface area (Å²) < 4.78 is 4.37. The van der Waals surface area contributed by atoms with Crippen LogP contribution in [0.25, 0.3) is 0 Å². The highest BCUT2D eigenvalue weighted by Crippen LogP contribution is 2.05. The van der Waals surface area contributed by atoms with Crippen LogP contribution >= 0.6 is 0 Å². The molecule has 1 aromatic heterocycles. The van der Waals surface area contributed by atoms with Crippen molar-refractivity contribution >= 4 is 11.9 Å². The largest absolute Gasteiger partial charge is 0.473 e. The molecule has 0 aromatic carbocycles. The zero-order valence-electron chi connectivity index (χ0n) is 5.93. The van der Waals surface area contributed by atoms with Crippen LogP contribution in [0.2, 0.25) is 0 Å². The highest BCUT2D eigenvalue weighted by molar-refractivity contribution is 6.29. The number of pyridine rings is 1.